The van der Waals surface area contributed by atoms with E-state index in [9.17, 15) is 19.2 Å². The highest BCUT2D eigenvalue weighted by Crippen LogP contribution is 2.22. The maximum absolute atomic E-state index is 12.2. The third-order valence-electron chi connectivity index (χ3n) is 3.87. The number of piperidine rings is 1. The van der Waals surface area contributed by atoms with Gasteiger partial charge in [-0.05, 0) is 25.2 Å². The molecule has 2 rings (SSSR count). The van der Waals surface area contributed by atoms with Crippen molar-refractivity contribution in [2.75, 3.05) is 26.2 Å². The number of nitrogens with one attached hydrogen (secondary N) is 1. The third-order valence-corrected chi connectivity index (χ3v) is 3.87. The van der Waals surface area contributed by atoms with Crippen LogP contribution in [-0.2, 0) is 14.4 Å². The van der Waals surface area contributed by atoms with Gasteiger partial charge in [0.05, 0.1) is 0 Å². The Morgan fingerprint density at radius 3 is 2.19 bits per heavy atom. The maximum Gasteiger partial charge on any atom is 0.320 e. The number of hydrogen-bond acceptors (Lipinski definition) is 4. The lowest BCUT2D eigenvalue weighted by atomic mass is 9.92. The molecule has 2 fully saturated rings. The van der Waals surface area contributed by atoms with Gasteiger partial charge in [-0.15, -0.1) is 0 Å². The normalized spacial score (nSPS) is 20.4. The minimum absolute atomic E-state index is 0.0937. The zero-order valence-corrected chi connectivity index (χ0v) is 11.7. The number of nitrogens with zero attached hydrogens (tertiary/aromatic N) is 2. The molecule has 0 aromatic heterocycles. The summed E-state index contributed by atoms with van der Waals surface area (Å²) in [6.45, 7) is 0.887. The van der Waals surface area contributed by atoms with Gasteiger partial charge in [0.2, 0.25) is 11.8 Å². The average molecular weight is 297 g/mol. The molecule has 0 bridgehead atoms. The fourth-order valence-corrected chi connectivity index (χ4v) is 2.71. The second-order valence-corrected chi connectivity index (χ2v) is 5.47. The van der Waals surface area contributed by atoms with Crippen molar-refractivity contribution >= 4 is 23.8 Å². The van der Waals surface area contributed by atoms with E-state index < -0.39 is 17.8 Å². The van der Waals surface area contributed by atoms with Crippen LogP contribution in [0.3, 0.4) is 0 Å². The molecule has 4 amide bonds. The zero-order chi connectivity index (χ0) is 15.4. The SMILES string of the molecule is O=C(O)CCC1CCN(C(=O)N2CC(=O)NC(=O)C2)CC1. The quantitative estimate of drug-likeness (QED) is 0.692. The summed E-state index contributed by atoms with van der Waals surface area (Å²) in [5.74, 6) is -1.41. The van der Waals surface area contributed by atoms with Crippen LogP contribution in [0.5, 0.6) is 0 Å². The Balaban J connectivity index is 1.81. The van der Waals surface area contributed by atoms with Gasteiger partial charge in [0, 0.05) is 19.5 Å². The van der Waals surface area contributed by atoms with Gasteiger partial charge in [-0.3, -0.25) is 19.7 Å². The Bertz CT molecular complexity index is 441. The number of amides is 4. The van der Waals surface area contributed by atoms with E-state index in [2.05, 4.69) is 5.32 Å². The predicted molar refractivity (Wildman–Crippen MR) is 71.3 cm³/mol. The lowest BCUT2D eigenvalue weighted by molar-refractivity contribution is -0.137. The molecule has 0 aliphatic carbocycles. The van der Waals surface area contributed by atoms with E-state index in [1.807, 2.05) is 0 Å². The zero-order valence-electron chi connectivity index (χ0n) is 11.7. The van der Waals surface area contributed by atoms with Gasteiger partial charge in [-0.1, -0.05) is 0 Å². The summed E-state index contributed by atoms with van der Waals surface area (Å²) in [4.78, 5) is 48.2. The van der Waals surface area contributed by atoms with Crippen LogP contribution in [0.2, 0.25) is 0 Å². The number of carbonyl (C=O) groups is 4. The third kappa shape index (κ3) is 4.17. The molecule has 8 heteroatoms. The molecule has 2 heterocycles. The summed E-state index contributed by atoms with van der Waals surface area (Å²) >= 11 is 0. The second kappa shape index (κ2) is 6.55. The van der Waals surface area contributed by atoms with Crippen LogP contribution in [0.15, 0.2) is 0 Å². The minimum atomic E-state index is -0.800. The molecular formula is C13H19N3O5. The van der Waals surface area contributed by atoms with Crippen molar-refractivity contribution < 1.29 is 24.3 Å². The highest BCUT2D eigenvalue weighted by molar-refractivity contribution is 6.02. The first-order chi connectivity index (χ1) is 9.95. The molecule has 0 aromatic rings. The fraction of sp³-hybridized carbons (Fsp3) is 0.692. The largest absolute Gasteiger partial charge is 0.481 e. The Kier molecular flexibility index (Phi) is 4.77. The first-order valence-corrected chi connectivity index (χ1v) is 7.04. The molecule has 21 heavy (non-hydrogen) atoms. The summed E-state index contributed by atoms with van der Waals surface area (Å²) in [5, 5.41) is 10.8. The minimum Gasteiger partial charge on any atom is -0.481 e. The number of piperazine rings is 1. The topological polar surface area (TPSA) is 107 Å². The van der Waals surface area contributed by atoms with Crippen LogP contribution >= 0.6 is 0 Å². The van der Waals surface area contributed by atoms with Gasteiger partial charge in [0.1, 0.15) is 13.1 Å². The number of carboxylic acid groups (broad SMARTS) is 1. The molecule has 0 unspecified atom stereocenters. The summed E-state index contributed by atoms with van der Waals surface area (Å²) in [6, 6.07) is -0.296. The molecule has 2 saturated heterocycles. The van der Waals surface area contributed by atoms with E-state index in [4.69, 9.17) is 5.11 Å². The van der Waals surface area contributed by atoms with Crippen molar-refractivity contribution in [1.82, 2.24) is 15.1 Å². The van der Waals surface area contributed by atoms with Crippen LogP contribution in [-0.4, -0.2) is 64.9 Å². The molecule has 0 saturated carbocycles. The van der Waals surface area contributed by atoms with E-state index in [1.54, 1.807) is 4.90 Å². The van der Waals surface area contributed by atoms with Crippen LogP contribution in [0, 0.1) is 5.92 Å². The molecule has 0 aromatic carbocycles. The number of hydrogen-bond donors (Lipinski definition) is 2. The molecule has 2 aliphatic heterocycles. The molecule has 2 N–H and O–H groups in total. The van der Waals surface area contributed by atoms with E-state index in [0.717, 1.165) is 12.8 Å². The molecular weight excluding hydrogens is 278 g/mol. The highest BCUT2D eigenvalue weighted by Gasteiger charge is 2.31. The summed E-state index contributed by atoms with van der Waals surface area (Å²) < 4.78 is 0. The van der Waals surface area contributed by atoms with Crippen LogP contribution in [0.1, 0.15) is 25.7 Å². The van der Waals surface area contributed by atoms with Gasteiger partial charge >= 0.3 is 12.0 Å². The number of carbonyl (C=O) groups excluding carboxylic acids is 3. The average Bonchev–Trinajstić information content (AvgIpc) is 2.44. The monoisotopic (exact) mass is 297 g/mol. The van der Waals surface area contributed by atoms with Crippen molar-refractivity contribution in [1.29, 1.82) is 0 Å². The Hall–Kier alpha value is -2.12. The smallest absolute Gasteiger partial charge is 0.320 e. The molecule has 0 radical (unpaired) electrons. The fourth-order valence-electron chi connectivity index (χ4n) is 2.71. The Morgan fingerprint density at radius 2 is 1.67 bits per heavy atom. The summed E-state index contributed by atoms with van der Waals surface area (Å²) in [6.07, 6.45) is 2.29. The second-order valence-electron chi connectivity index (χ2n) is 5.47. The highest BCUT2D eigenvalue weighted by atomic mass is 16.4. The van der Waals surface area contributed by atoms with Crippen molar-refractivity contribution in [3.8, 4) is 0 Å². The van der Waals surface area contributed by atoms with Gasteiger partial charge < -0.3 is 14.9 Å². The standard InChI is InChI=1S/C13H19N3O5/c17-10-7-16(8-11(18)14-10)13(21)15-5-3-9(4-6-15)1-2-12(19)20/h9H,1-8H2,(H,19,20)(H,14,17,18). The first-order valence-electron chi connectivity index (χ1n) is 7.04. The van der Waals surface area contributed by atoms with E-state index in [-0.39, 0.29) is 25.5 Å². The van der Waals surface area contributed by atoms with Gasteiger partial charge in [0.15, 0.2) is 0 Å². The number of aliphatic carboxylic acids is 1. The molecule has 8 nitrogen and oxygen atoms in total. The van der Waals surface area contributed by atoms with Crippen molar-refractivity contribution in [3.63, 3.8) is 0 Å². The molecule has 116 valence electrons. The lowest BCUT2D eigenvalue weighted by Gasteiger charge is -2.36. The Morgan fingerprint density at radius 1 is 1.10 bits per heavy atom. The van der Waals surface area contributed by atoms with E-state index >= 15 is 0 Å². The summed E-state index contributed by atoms with van der Waals surface area (Å²) in [5.41, 5.74) is 0. The van der Waals surface area contributed by atoms with Crippen molar-refractivity contribution in [3.05, 3.63) is 0 Å². The Labute approximate surface area is 122 Å². The maximum atomic E-state index is 12.2. The van der Waals surface area contributed by atoms with Gasteiger partial charge in [0.25, 0.3) is 0 Å². The van der Waals surface area contributed by atoms with Gasteiger partial charge in [-0.2, -0.15) is 0 Å². The molecule has 0 atom stereocenters. The number of urea groups is 1. The molecule has 0 spiro atoms. The number of imide groups is 1. The number of carboxylic acids is 1. The first kappa shape index (κ1) is 15.3. The summed E-state index contributed by atoms with van der Waals surface area (Å²) in [7, 11) is 0. The molecule has 2 aliphatic rings. The van der Waals surface area contributed by atoms with Crippen LogP contribution < -0.4 is 5.32 Å². The van der Waals surface area contributed by atoms with Gasteiger partial charge in [-0.25, -0.2) is 4.79 Å². The van der Waals surface area contributed by atoms with E-state index in [0.29, 0.717) is 25.4 Å². The number of rotatable bonds is 3. The lowest BCUT2D eigenvalue weighted by Crippen LogP contribution is -2.57. The van der Waals surface area contributed by atoms with Crippen molar-refractivity contribution in [2.24, 2.45) is 5.92 Å². The van der Waals surface area contributed by atoms with E-state index in [1.165, 1.54) is 4.90 Å². The van der Waals surface area contributed by atoms with Crippen LogP contribution in [0.25, 0.3) is 0 Å². The number of likely N-dealkylation sites (tertiary alicyclic amines) is 1. The van der Waals surface area contributed by atoms with Crippen molar-refractivity contribution in [2.45, 2.75) is 25.7 Å². The van der Waals surface area contributed by atoms with Crippen LogP contribution in [0.4, 0.5) is 4.79 Å². The predicted octanol–water partition coefficient (Wildman–Crippen LogP) is -0.358.